The molecule has 0 aromatic carbocycles. The molecular formula is C10H21NO3. The molecule has 0 saturated heterocycles. The molecule has 0 aliphatic rings. The van der Waals surface area contributed by atoms with Crippen LogP contribution in [0.1, 0.15) is 25.7 Å². The quantitative estimate of drug-likeness (QED) is 0.464. The van der Waals surface area contributed by atoms with Crippen LogP contribution in [0, 0.1) is 0 Å². The van der Waals surface area contributed by atoms with Gasteiger partial charge < -0.3 is 14.7 Å². The molecule has 4 nitrogen and oxygen atoms in total. The SMILES string of the molecule is CN(C)CCOC(=O)CCCCCO. The van der Waals surface area contributed by atoms with Crippen LogP contribution in [0.4, 0.5) is 0 Å². The van der Waals surface area contributed by atoms with Gasteiger partial charge in [-0.2, -0.15) is 0 Å². The number of aliphatic hydroxyl groups excluding tert-OH is 1. The van der Waals surface area contributed by atoms with E-state index in [1.807, 2.05) is 19.0 Å². The van der Waals surface area contributed by atoms with E-state index in [0.717, 1.165) is 25.8 Å². The third-order valence-corrected chi connectivity index (χ3v) is 1.84. The van der Waals surface area contributed by atoms with Crippen molar-refractivity contribution in [1.82, 2.24) is 4.90 Å². The minimum absolute atomic E-state index is 0.134. The van der Waals surface area contributed by atoms with Crippen molar-refractivity contribution in [3.63, 3.8) is 0 Å². The summed E-state index contributed by atoms with van der Waals surface area (Å²) in [6.45, 7) is 1.43. The lowest BCUT2D eigenvalue weighted by atomic mass is 10.2. The molecule has 0 bridgehead atoms. The van der Waals surface area contributed by atoms with E-state index in [4.69, 9.17) is 9.84 Å². The van der Waals surface area contributed by atoms with Gasteiger partial charge in [0.15, 0.2) is 0 Å². The fourth-order valence-corrected chi connectivity index (χ4v) is 0.972. The first kappa shape index (κ1) is 13.4. The number of ether oxygens (including phenoxy) is 1. The molecule has 14 heavy (non-hydrogen) atoms. The van der Waals surface area contributed by atoms with Crippen LogP contribution in [0.3, 0.4) is 0 Å². The first-order chi connectivity index (χ1) is 6.66. The third kappa shape index (κ3) is 9.48. The summed E-state index contributed by atoms with van der Waals surface area (Å²) in [7, 11) is 3.88. The summed E-state index contributed by atoms with van der Waals surface area (Å²) in [5, 5.41) is 8.51. The van der Waals surface area contributed by atoms with Gasteiger partial charge in [-0.25, -0.2) is 0 Å². The van der Waals surface area contributed by atoms with Crippen LogP contribution in [-0.2, 0) is 9.53 Å². The zero-order valence-corrected chi connectivity index (χ0v) is 9.16. The van der Waals surface area contributed by atoms with E-state index in [1.165, 1.54) is 0 Å². The van der Waals surface area contributed by atoms with E-state index in [-0.39, 0.29) is 12.6 Å². The number of carbonyl (C=O) groups is 1. The highest BCUT2D eigenvalue weighted by molar-refractivity contribution is 5.69. The monoisotopic (exact) mass is 203 g/mol. The van der Waals surface area contributed by atoms with Crippen LogP contribution >= 0.6 is 0 Å². The summed E-state index contributed by atoms with van der Waals surface area (Å²) < 4.78 is 4.99. The second-order valence-corrected chi connectivity index (χ2v) is 3.56. The Morgan fingerprint density at radius 2 is 2.00 bits per heavy atom. The standard InChI is InChI=1S/C10H21NO3/c1-11(2)7-9-14-10(13)6-4-3-5-8-12/h12H,3-9H2,1-2H3. The molecule has 0 aliphatic carbocycles. The zero-order chi connectivity index (χ0) is 10.8. The lowest BCUT2D eigenvalue weighted by Crippen LogP contribution is -2.20. The largest absolute Gasteiger partial charge is 0.464 e. The Hall–Kier alpha value is -0.610. The van der Waals surface area contributed by atoms with Crippen molar-refractivity contribution in [2.75, 3.05) is 33.9 Å². The predicted octanol–water partition coefficient (Wildman–Crippen LogP) is 0.644. The van der Waals surface area contributed by atoms with Gasteiger partial charge >= 0.3 is 5.97 Å². The van der Waals surface area contributed by atoms with Gasteiger partial charge in [-0.3, -0.25) is 4.79 Å². The number of hydrogen-bond acceptors (Lipinski definition) is 4. The van der Waals surface area contributed by atoms with Gasteiger partial charge in [0.25, 0.3) is 0 Å². The summed E-state index contributed by atoms with van der Waals surface area (Å²) in [5.74, 6) is -0.134. The molecule has 0 aromatic heterocycles. The van der Waals surface area contributed by atoms with Crippen molar-refractivity contribution in [3.8, 4) is 0 Å². The highest BCUT2D eigenvalue weighted by Crippen LogP contribution is 2.00. The fraction of sp³-hybridized carbons (Fsp3) is 0.900. The van der Waals surface area contributed by atoms with Gasteiger partial charge in [0.1, 0.15) is 6.61 Å². The van der Waals surface area contributed by atoms with Gasteiger partial charge in [-0.05, 0) is 26.9 Å². The Balaban J connectivity index is 3.20. The van der Waals surface area contributed by atoms with Gasteiger partial charge in [0.05, 0.1) is 0 Å². The van der Waals surface area contributed by atoms with Gasteiger partial charge in [0.2, 0.25) is 0 Å². The molecule has 0 heterocycles. The number of likely N-dealkylation sites (N-methyl/N-ethyl adjacent to an activating group) is 1. The molecule has 0 amide bonds. The maximum Gasteiger partial charge on any atom is 0.305 e. The maximum absolute atomic E-state index is 11.1. The molecule has 0 radical (unpaired) electrons. The number of aliphatic hydroxyl groups is 1. The molecular weight excluding hydrogens is 182 g/mol. The lowest BCUT2D eigenvalue weighted by molar-refractivity contribution is -0.144. The van der Waals surface area contributed by atoms with Crippen LogP contribution in [-0.4, -0.2) is 49.8 Å². The summed E-state index contributed by atoms with van der Waals surface area (Å²) in [6.07, 6.45) is 2.93. The van der Waals surface area contributed by atoms with Crippen molar-refractivity contribution in [1.29, 1.82) is 0 Å². The number of unbranched alkanes of at least 4 members (excludes halogenated alkanes) is 2. The molecule has 0 aliphatic heterocycles. The molecule has 0 fully saturated rings. The maximum atomic E-state index is 11.1. The van der Waals surface area contributed by atoms with Crippen LogP contribution in [0.2, 0.25) is 0 Å². The molecule has 0 atom stereocenters. The Labute approximate surface area is 85.9 Å². The first-order valence-electron chi connectivity index (χ1n) is 5.08. The van der Waals surface area contributed by atoms with E-state index in [9.17, 15) is 4.79 Å². The number of esters is 1. The molecule has 0 rings (SSSR count). The molecule has 0 spiro atoms. The minimum Gasteiger partial charge on any atom is -0.464 e. The summed E-state index contributed by atoms with van der Waals surface area (Å²) in [5.41, 5.74) is 0. The normalized spacial score (nSPS) is 10.6. The smallest absolute Gasteiger partial charge is 0.305 e. The lowest BCUT2D eigenvalue weighted by Gasteiger charge is -2.09. The average molecular weight is 203 g/mol. The Morgan fingerprint density at radius 1 is 1.29 bits per heavy atom. The van der Waals surface area contributed by atoms with Crippen molar-refractivity contribution in [2.24, 2.45) is 0 Å². The van der Waals surface area contributed by atoms with Crippen LogP contribution in [0.15, 0.2) is 0 Å². The second kappa shape index (κ2) is 8.97. The van der Waals surface area contributed by atoms with E-state index in [2.05, 4.69) is 0 Å². The van der Waals surface area contributed by atoms with Crippen molar-refractivity contribution >= 4 is 5.97 Å². The second-order valence-electron chi connectivity index (χ2n) is 3.56. The van der Waals surface area contributed by atoms with E-state index in [1.54, 1.807) is 0 Å². The highest BCUT2D eigenvalue weighted by Gasteiger charge is 2.02. The van der Waals surface area contributed by atoms with Crippen LogP contribution < -0.4 is 0 Å². The van der Waals surface area contributed by atoms with Gasteiger partial charge in [0, 0.05) is 19.6 Å². The number of carbonyl (C=O) groups excluding carboxylic acids is 1. The van der Waals surface area contributed by atoms with Crippen LogP contribution in [0.25, 0.3) is 0 Å². The molecule has 0 unspecified atom stereocenters. The topological polar surface area (TPSA) is 49.8 Å². The van der Waals surface area contributed by atoms with Crippen molar-refractivity contribution in [3.05, 3.63) is 0 Å². The third-order valence-electron chi connectivity index (χ3n) is 1.84. The number of hydrogen-bond donors (Lipinski definition) is 1. The van der Waals surface area contributed by atoms with Crippen molar-refractivity contribution < 1.29 is 14.6 Å². The highest BCUT2D eigenvalue weighted by atomic mass is 16.5. The van der Waals surface area contributed by atoms with Crippen molar-refractivity contribution in [2.45, 2.75) is 25.7 Å². The zero-order valence-electron chi connectivity index (χ0n) is 9.16. The van der Waals surface area contributed by atoms with Gasteiger partial charge in [-0.15, -0.1) is 0 Å². The summed E-state index contributed by atoms with van der Waals surface area (Å²) in [4.78, 5) is 13.1. The average Bonchev–Trinajstić information content (AvgIpc) is 2.12. The van der Waals surface area contributed by atoms with Gasteiger partial charge in [-0.1, -0.05) is 6.42 Å². The predicted molar refractivity (Wildman–Crippen MR) is 55.1 cm³/mol. The van der Waals surface area contributed by atoms with E-state index >= 15 is 0 Å². The molecule has 1 N–H and O–H groups in total. The van der Waals surface area contributed by atoms with E-state index in [0.29, 0.717) is 13.0 Å². The number of rotatable bonds is 8. The molecule has 0 aromatic rings. The molecule has 4 heteroatoms. The fourth-order valence-electron chi connectivity index (χ4n) is 0.972. The van der Waals surface area contributed by atoms with Crippen LogP contribution in [0.5, 0.6) is 0 Å². The summed E-state index contributed by atoms with van der Waals surface area (Å²) >= 11 is 0. The number of nitrogens with zero attached hydrogens (tertiary/aromatic N) is 1. The molecule has 0 saturated carbocycles. The Bertz CT molecular complexity index is 148. The Kier molecular flexibility index (Phi) is 8.57. The minimum atomic E-state index is -0.134. The summed E-state index contributed by atoms with van der Waals surface area (Å²) in [6, 6.07) is 0. The van der Waals surface area contributed by atoms with E-state index < -0.39 is 0 Å². The Morgan fingerprint density at radius 3 is 2.57 bits per heavy atom. The first-order valence-corrected chi connectivity index (χ1v) is 5.08. The molecule has 84 valence electrons.